The number of amides is 1. The topological polar surface area (TPSA) is 98.6 Å². The van der Waals surface area contributed by atoms with Gasteiger partial charge in [0.1, 0.15) is 5.60 Å². The van der Waals surface area contributed by atoms with Gasteiger partial charge in [-0.15, -0.1) is 0 Å². The van der Waals surface area contributed by atoms with Crippen molar-refractivity contribution < 1.29 is 19.1 Å². The third-order valence-electron chi connectivity index (χ3n) is 5.19. The molecule has 0 atom stereocenters. The summed E-state index contributed by atoms with van der Waals surface area (Å²) in [4.78, 5) is 30.2. The van der Waals surface area contributed by atoms with E-state index >= 15 is 0 Å². The zero-order valence-electron chi connectivity index (χ0n) is 18.8. The lowest BCUT2D eigenvalue weighted by Gasteiger charge is -2.34. The number of carbonyl (C=O) groups is 2. The number of rotatable bonds is 5. The van der Waals surface area contributed by atoms with Crippen LogP contribution in [0.1, 0.15) is 62.6 Å². The minimum Gasteiger partial charge on any atom is -0.465 e. The Labute approximate surface area is 182 Å². The molecular weight excluding hydrogens is 398 g/mol. The smallest absolute Gasteiger partial charge is 0.410 e. The molecule has 31 heavy (non-hydrogen) atoms. The van der Waals surface area contributed by atoms with Crippen LogP contribution in [0, 0.1) is 0 Å². The molecule has 0 unspecified atom stereocenters. The van der Waals surface area contributed by atoms with E-state index in [1.165, 1.54) is 7.11 Å². The first-order valence-electron chi connectivity index (χ1n) is 10.6. The number of hydrogen-bond donors (Lipinski definition) is 1. The average molecular weight is 430 g/mol. The fraction of sp³-hybridized carbons (Fsp3) is 0.545. The van der Waals surface area contributed by atoms with Crippen molar-refractivity contribution in [2.75, 3.05) is 25.5 Å². The summed E-state index contributed by atoms with van der Waals surface area (Å²) in [5, 5.41) is 7.90. The van der Waals surface area contributed by atoms with Gasteiger partial charge in [-0.1, -0.05) is 6.92 Å². The van der Waals surface area contributed by atoms with Crippen LogP contribution in [0.4, 0.5) is 16.2 Å². The third-order valence-corrected chi connectivity index (χ3v) is 5.19. The van der Waals surface area contributed by atoms with Gasteiger partial charge in [-0.05, 0) is 46.1 Å². The highest BCUT2D eigenvalue weighted by Crippen LogP contribution is 2.30. The summed E-state index contributed by atoms with van der Waals surface area (Å²) in [7, 11) is 1.35. The van der Waals surface area contributed by atoms with E-state index in [1.54, 1.807) is 29.6 Å². The Morgan fingerprint density at radius 1 is 1.19 bits per heavy atom. The molecule has 1 aliphatic heterocycles. The second-order valence-electron chi connectivity index (χ2n) is 8.54. The first kappa shape index (κ1) is 22.6. The van der Waals surface area contributed by atoms with Crippen LogP contribution in [0.5, 0.6) is 0 Å². The second-order valence-corrected chi connectivity index (χ2v) is 8.54. The van der Waals surface area contributed by atoms with E-state index in [2.05, 4.69) is 22.3 Å². The quantitative estimate of drug-likeness (QED) is 0.719. The fourth-order valence-corrected chi connectivity index (χ4v) is 3.71. The van der Waals surface area contributed by atoms with E-state index in [1.807, 2.05) is 25.5 Å². The maximum Gasteiger partial charge on any atom is 0.410 e. The van der Waals surface area contributed by atoms with Crippen molar-refractivity contribution in [2.45, 2.75) is 58.6 Å². The van der Waals surface area contributed by atoms with Gasteiger partial charge >= 0.3 is 12.1 Å². The van der Waals surface area contributed by atoms with E-state index in [-0.39, 0.29) is 12.1 Å². The monoisotopic (exact) mass is 429 g/mol. The Bertz CT molecular complexity index is 926. The number of esters is 1. The van der Waals surface area contributed by atoms with Crippen LogP contribution in [0.25, 0.3) is 0 Å². The molecule has 0 bridgehead atoms. The number of piperidine rings is 1. The molecule has 1 fully saturated rings. The summed E-state index contributed by atoms with van der Waals surface area (Å²) in [5.41, 5.74) is 2.35. The first-order chi connectivity index (χ1) is 14.7. The second kappa shape index (κ2) is 9.36. The van der Waals surface area contributed by atoms with Crippen molar-refractivity contribution in [3.63, 3.8) is 0 Å². The summed E-state index contributed by atoms with van der Waals surface area (Å²) < 4.78 is 12.4. The van der Waals surface area contributed by atoms with Crippen molar-refractivity contribution in [3.05, 3.63) is 35.9 Å². The molecule has 0 spiro atoms. The highest BCUT2D eigenvalue weighted by Gasteiger charge is 2.29. The van der Waals surface area contributed by atoms with Crippen molar-refractivity contribution in [3.8, 4) is 0 Å². The summed E-state index contributed by atoms with van der Waals surface area (Å²) in [5.74, 6) is -0.426. The number of methoxy groups -OCH3 is 1. The lowest BCUT2D eigenvalue weighted by Crippen LogP contribution is -2.42. The Hall–Kier alpha value is -3.10. The number of hydrogen-bond acceptors (Lipinski definition) is 7. The lowest BCUT2D eigenvalue weighted by atomic mass is 10.0. The minimum atomic E-state index is -0.499. The highest BCUT2D eigenvalue weighted by atomic mass is 16.6. The van der Waals surface area contributed by atoms with Crippen LogP contribution in [0.2, 0.25) is 0 Å². The van der Waals surface area contributed by atoms with Crippen LogP contribution >= 0.6 is 0 Å². The van der Waals surface area contributed by atoms with Gasteiger partial charge in [-0.25, -0.2) is 9.59 Å². The number of nitrogens with one attached hydrogen (secondary N) is 1. The fourth-order valence-electron chi connectivity index (χ4n) is 3.71. The summed E-state index contributed by atoms with van der Waals surface area (Å²) in [6.45, 7) is 8.94. The Kier molecular flexibility index (Phi) is 6.82. The average Bonchev–Trinajstić information content (AvgIpc) is 3.15. The normalized spacial score (nSPS) is 14.9. The number of ether oxygens (including phenoxy) is 2. The van der Waals surface area contributed by atoms with Crippen LogP contribution in [-0.2, 0) is 15.9 Å². The molecule has 2 aromatic heterocycles. The molecular formula is C22H31N5O4. The lowest BCUT2D eigenvalue weighted by molar-refractivity contribution is 0.0184. The largest absolute Gasteiger partial charge is 0.465 e. The van der Waals surface area contributed by atoms with Gasteiger partial charge in [0.25, 0.3) is 0 Å². The number of anilines is 2. The van der Waals surface area contributed by atoms with Gasteiger partial charge in [0.2, 0.25) is 0 Å². The molecule has 0 aliphatic carbocycles. The molecule has 1 amide bonds. The third kappa shape index (κ3) is 5.34. The van der Waals surface area contributed by atoms with Crippen LogP contribution in [-0.4, -0.2) is 57.5 Å². The van der Waals surface area contributed by atoms with Crippen LogP contribution in [0.15, 0.2) is 24.7 Å². The number of nitrogens with zero attached hydrogens (tertiary/aromatic N) is 4. The zero-order valence-corrected chi connectivity index (χ0v) is 18.8. The van der Waals surface area contributed by atoms with Gasteiger partial charge in [0, 0.05) is 19.3 Å². The van der Waals surface area contributed by atoms with Crippen molar-refractivity contribution in [2.24, 2.45) is 0 Å². The molecule has 2 aromatic rings. The predicted octanol–water partition coefficient (Wildman–Crippen LogP) is 3.94. The molecule has 9 nitrogen and oxygen atoms in total. The maximum atomic E-state index is 12.3. The van der Waals surface area contributed by atoms with E-state index in [4.69, 9.17) is 9.47 Å². The number of aromatic nitrogens is 3. The first-order valence-corrected chi connectivity index (χ1v) is 10.6. The Morgan fingerprint density at radius 2 is 1.90 bits per heavy atom. The van der Waals surface area contributed by atoms with Crippen LogP contribution < -0.4 is 5.32 Å². The van der Waals surface area contributed by atoms with Gasteiger partial charge in [-0.2, -0.15) is 5.10 Å². The van der Waals surface area contributed by atoms with E-state index in [0.717, 1.165) is 30.6 Å². The van der Waals surface area contributed by atoms with Gasteiger partial charge in [-0.3, -0.25) is 9.67 Å². The number of carbonyl (C=O) groups excluding carboxylic acids is 2. The summed E-state index contributed by atoms with van der Waals surface area (Å²) in [6.07, 6.45) is 7.02. The van der Waals surface area contributed by atoms with E-state index in [0.29, 0.717) is 24.3 Å². The van der Waals surface area contributed by atoms with Crippen molar-refractivity contribution in [1.29, 1.82) is 0 Å². The van der Waals surface area contributed by atoms with Crippen molar-refractivity contribution in [1.82, 2.24) is 19.7 Å². The molecule has 0 aromatic carbocycles. The molecule has 9 heteroatoms. The zero-order chi connectivity index (χ0) is 22.6. The van der Waals surface area contributed by atoms with Gasteiger partial charge in [0.15, 0.2) is 0 Å². The van der Waals surface area contributed by atoms with E-state index in [9.17, 15) is 9.59 Å². The Morgan fingerprint density at radius 3 is 2.52 bits per heavy atom. The molecule has 1 saturated heterocycles. The highest BCUT2D eigenvalue weighted by molar-refractivity contribution is 5.96. The molecule has 168 valence electrons. The minimum absolute atomic E-state index is 0.193. The Balaban J connectivity index is 1.72. The van der Waals surface area contributed by atoms with Gasteiger partial charge in [0.05, 0.1) is 48.2 Å². The molecule has 3 heterocycles. The molecule has 1 aliphatic rings. The molecule has 0 saturated carbocycles. The van der Waals surface area contributed by atoms with Crippen LogP contribution in [0.3, 0.4) is 0 Å². The summed E-state index contributed by atoms with van der Waals surface area (Å²) in [6, 6.07) is 1.81. The standard InChI is InChI=1S/C22H31N5O4/c1-6-19-18(25-17-13-23-10-7-16(17)20(28)30-5)14-24-27(19)15-8-11-26(12-9-15)21(29)31-22(2,3)4/h7,10,13-15,25H,6,8-9,11-12H2,1-5H3. The SMILES string of the molecule is CCc1c(Nc2cnccc2C(=O)OC)cnn1C1CCN(C(=O)OC(C)(C)C)CC1. The molecule has 1 N–H and O–H groups in total. The molecule has 0 radical (unpaired) electrons. The number of likely N-dealkylation sites (tertiary alicyclic amines) is 1. The predicted molar refractivity (Wildman–Crippen MR) is 117 cm³/mol. The van der Waals surface area contributed by atoms with Gasteiger partial charge < -0.3 is 19.7 Å². The number of pyridine rings is 1. The molecule has 3 rings (SSSR count). The summed E-state index contributed by atoms with van der Waals surface area (Å²) >= 11 is 0. The van der Waals surface area contributed by atoms with Crippen molar-refractivity contribution >= 4 is 23.4 Å². The maximum absolute atomic E-state index is 12.3. The van der Waals surface area contributed by atoms with E-state index < -0.39 is 11.6 Å².